The molecule has 4 nitrogen and oxygen atoms in total. The second-order valence-electron chi connectivity index (χ2n) is 5.96. The number of nitrogens with zero attached hydrogens (tertiary/aromatic N) is 4. The Morgan fingerprint density at radius 3 is 2.92 bits per heavy atom. The van der Waals surface area contributed by atoms with E-state index < -0.39 is 5.82 Å². The normalized spacial score (nSPS) is 15.8. The van der Waals surface area contributed by atoms with Gasteiger partial charge in [0.25, 0.3) is 0 Å². The predicted molar refractivity (Wildman–Crippen MR) is 95.9 cm³/mol. The van der Waals surface area contributed by atoms with Crippen molar-refractivity contribution in [2.75, 3.05) is 6.54 Å². The fourth-order valence-corrected chi connectivity index (χ4v) is 3.20. The van der Waals surface area contributed by atoms with Crippen molar-refractivity contribution in [2.24, 2.45) is 4.99 Å². The molecule has 2 aromatic rings. The highest BCUT2D eigenvalue weighted by molar-refractivity contribution is 6.08. The van der Waals surface area contributed by atoms with Gasteiger partial charge in [-0.05, 0) is 54.3 Å². The van der Waals surface area contributed by atoms with Crippen molar-refractivity contribution in [3.05, 3.63) is 71.3 Å². The van der Waals surface area contributed by atoms with Crippen LogP contribution in [-0.4, -0.2) is 22.0 Å². The molecular formula is C20H15FN4. The zero-order chi connectivity index (χ0) is 17.4. The van der Waals surface area contributed by atoms with E-state index in [4.69, 9.17) is 5.26 Å². The molecule has 0 atom stereocenters. The molecule has 0 saturated heterocycles. The second kappa shape index (κ2) is 5.99. The standard InChI is InChI=1S/C20H15FN4/c1-2-16-10-20(14-4-6-19-13(9-14)7-8-23-19)25(24-16)17-5-3-15(12-22)18(21)11-17/h2-3,5,7,9-11H,1,4,6,8H2. The maximum Gasteiger partial charge on any atom is 0.143 e. The molecule has 1 aliphatic carbocycles. The van der Waals surface area contributed by atoms with Crippen molar-refractivity contribution < 1.29 is 4.39 Å². The van der Waals surface area contributed by atoms with Gasteiger partial charge in [0, 0.05) is 11.8 Å². The van der Waals surface area contributed by atoms with Gasteiger partial charge in [-0.25, -0.2) is 9.07 Å². The van der Waals surface area contributed by atoms with Gasteiger partial charge >= 0.3 is 0 Å². The minimum Gasteiger partial charge on any atom is -0.285 e. The zero-order valence-corrected chi connectivity index (χ0v) is 13.5. The van der Waals surface area contributed by atoms with Crippen LogP contribution in [0.5, 0.6) is 0 Å². The van der Waals surface area contributed by atoms with Crippen LogP contribution in [0.2, 0.25) is 0 Å². The van der Waals surface area contributed by atoms with Crippen molar-refractivity contribution in [3.63, 3.8) is 0 Å². The Labute approximate surface area is 144 Å². The van der Waals surface area contributed by atoms with Crippen molar-refractivity contribution in [2.45, 2.75) is 12.8 Å². The Morgan fingerprint density at radius 2 is 2.16 bits per heavy atom. The number of aromatic nitrogens is 2. The smallest absolute Gasteiger partial charge is 0.143 e. The number of halogens is 1. The molecule has 1 aromatic carbocycles. The first-order chi connectivity index (χ1) is 12.2. The Bertz CT molecular complexity index is 1010. The molecule has 0 N–H and O–H groups in total. The number of nitriles is 1. The molecule has 0 bridgehead atoms. The lowest BCUT2D eigenvalue weighted by molar-refractivity contribution is 0.621. The largest absolute Gasteiger partial charge is 0.285 e. The second-order valence-corrected chi connectivity index (χ2v) is 5.96. The Balaban J connectivity index is 1.83. The number of fused-ring (bicyclic) bond motifs is 1. The highest BCUT2D eigenvalue weighted by atomic mass is 19.1. The first-order valence-corrected chi connectivity index (χ1v) is 8.07. The lowest BCUT2D eigenvalue weighted by Crippen LogP contribution is -2.09. The molecule has 4 rings (SSSR count). The number of aliphatic imine (C=N–C) groups is 1. The van der Waals surface area contributed by atoms with E-state index >= 15 is 0 Å². The van der Waals surface area contributed by atoms with Gasteiger partial charge in [0.15, 0.2) is 0 Å². The monoisotopic (exact) mass is 330 g/mol. The number of hydrogen-bond donors (Lipinski definition) is 0. The first-order valence-electron chi connectivity index (χ1n) is 8.07. The minimum absolute atomic E-state index is 0.0234. The molecular weight excluding hydrogens is 315 g/mol. The topological polar surface area (TPSA) is 54.0 Å². The highest BCUT2D eigenvalue weighted by Crippen LogP contribution is 2.32. The molecule has 0 amide bonds. The van der Waals surface area contributed by atoms with E-state index in [0.29, 0.717) is 5.69 Å². The van der Waals surface area contributed by atoms with Crippen LogP contribution in [0.1, 0.15) is 29.8 Å². The van der Waals surface area contributed by atoms with Crippen LogP contribution in [0.25, 0.3) is 17.3 Å². The number of allylic oxidation sites excluding steroid dienone is 3. The molecule has 5 heteroatoms. The van der Waals surface area contributed by atoms with Crippen LogP contribution >= 0.6 is 0 Å². The minimum atomic E-state index is -0.549. The van der Waals surface area contributed by atoms with Crippen molar-refractivity contribution >= 4 is 17.4 Å². The number of hydrogen-bond acceptors (Lipinski definition) is 3. The third kappa shape index (κ3) is 2.62. The molecule has 2 aliphatic rings. The SMILES string of the molecule is C=Cc1cc(C2=CC3=CCN=C3CC2)n(-c2ccc(C#N)c(F)c2)n1. The van der Waals surface area contributed by atoms with Crippen LogP contribution in [0.4, 0.5) is 4.39 Å². The molecule has 0 saturated carbocycles. The summed E-state index contributed by atoms with van der Waals surface area (Å²) in [6.07, 6.45) is 7.68. The van der Waals surface area contributed by atoms with Gasteiger partial charge in [0.1, 0.15) is 11.9 Å². The summed E-state index contributed by atoms with van der Waals surface area (Å²) in [5.74, 6) is -0.549. The molecule has 1 aromatic heterocycles. The highest BCUT2D eigenvalue weighted by Gasteiger charge is 2.21. The van der Waals surface area contributed by atoms with E-state index in [1.54, 1.807) is 16.8 Å². The summed E-state index contributed by atoms with van der Waals surface area (Å²) in [7, 11) is 0. The number of benzene rings is 1. The van der Waals surface area contributed by atoms with E-state index in [2.05, 4.69) is 28.8 Å². The molecule has 1 aliphatic heterocycles. The van der Waals surface area contributed by atoms with Gasteiger partial charge in [-0.1, -0.05) is 12.7 Å². The molecule has 0 unspecified atom stereocenters. The molecule has 122 valence electrons. The van der Waals surface area contributed by atoms with E-state index in [1.807, 2.05) is 12.1 Å². The van der Waals surface area contributed by atoms with Gasteiger partial charge in [-0.2, -0.15) is 10.4 Å². The summed E-state index contributed by atoms with van der Waals surface area (Å²) in [4.78, 5) is 4.48. The molecule has 2 heterocycles. The van der Waals surface area contributed by atoms with Crippen LogP contribution in [0, 0.1) is 17.1 Å². The maximum absolute atomic E-state index is 14.1. The average molecular weight is 330 g/mol. The van der Waals surface area contributed by atoms with E-state index in [-0.39, 0.29) is 5.56 Å². The summed E-state index contributed by atoms with van der Waals surface area (Å²) in [5.41, 5.74) is 5.70. The third-order valence-corrected chi connectivity index (χ3v) is 4.47. The van der Waals surface area contributed by atoms with Crippen LogP contribution in [0.15, 0.2) is 53.6 Å². The molecule has 0 fully saturated rings. The summed E-state index contributed by atoms with van der Waals surface area (Å²) in [5, 5.41) is 13.4. The molecule has 0 spiro atoms. The maximum atomic E-state index is 14.1. The van der Waals surface area contributed by atoms with E-state index in [1.165, 1.54) is 17.7 Å². The van der Waals surface area contributed by atoms with Crippen molar-refractivity contribution in [1.82, 2.24) is 9.78 Å². The van der Waals surface area contributed by atoms with E-state index in [9.17, 15) is 4.39 Å². The van der Waals surface area contributed by atoms with Crippen LogP contribution in [-0.2, 0) is 0 Å². The van der Waals surface area contributed by atoms with Gasteiger partial charge in [0.05, 0.1) is 29.2 Å². The predicted octanol–water partition coefficient (Wildman–Crippen LogP) is 4.08. The van der Waals surface area contributed by atoms with Gasteiger partial charge < -0.3 is 0 Å². The first kappa shape index (κ1) is 15.3. The quantitative estimate of drug-likeness (QED) is 0.851. The molecule has 25 heavy (non-hydrogen) atoms. The van der Waals surface area contributed by atoms with Gasteiger partial charge in [-0.15, -0.1) is 0 Å². The Hall–Kier alpha value is -3.26. The zero-order valence-electron chi connectivity index (χ0n) is 13.5. The van der Waals surface area contributed by atoms with Crippen molar-refractivity contribution in [1.29, 1.82) is 5.26 Å². The van der Waals surface area contributed by atoms with Gasteiger partial charge in [-0.3, -0.25) is 4.99 Å². The van der Waals surface area contributed by atoms with Crippen LogP contribution in [0.3, 0.4) is 0 Å². The third-order valence-electron chi connectivity index (χ3n) is 4.47. The lowest BCUT2D eigenvalue weighted by Gasteiger charge is -2.16. The summed E-state index contributed by atoms with van der Waals surface area (Å²) >= 11 is 0. The fourth-order valence-electron chi connectivity index (χ4n) is 3.20. The van der Waals surface area contributed by atoms with Gasteiger partial charge in [0.2, 0.25) is 0 Å². The van der Waals surface area contributed by atoms with Crippen LogP contribution < -0.4 is 0 Å². The Kier molecular flexibility index (Phi) is 3.66. The average Bonchev–Trinajstić information content (AvgIpc) is 3.27. The Morgan fingerprint density at radius 1 is 1.28 bits per heavy atom. The number of rotatable bonds is 3. The summed E-state index contributed by atoms with van der Waals surface area (Å²) in [6.45, 7) is 4.52. The van der Waals surface area contributed by atoms with E-state index in [0.717, 1.165) is 42.1 Å². The summed E-state index contributed by atoms with van der Waals surface area (Å²) < 4.78 is 15.8. The van der Waals surface area contributed by atoms with Crippen molar-refractivity contribution in [3.8, 4) is 11.8 Å². The fraction of sp³-hybridized carbons (Fsp3) is 0.150. The molecule has 0 radical (unpaired) electrons. The summed E-state index contributed by atoms with van der Waals surface area (Å²) in [6, 6.07) is 8.31. The lowest BCUT2D eigenvalue weighted by atomic mass is 9.92.